The molecule has 5 heteroatoms. The molecule has 23 heavy (non-hydrogen) atoms. The topological polar surface area (TPSA) is 72.2 Å². The van der Waals surface area contributed by atoms with Crippen molar-refractivity contribution in [2.45, 2.75) is 36.1 Å². The predicted octanol–water partition coefficient (Wildman–Crippen LogP) is 2.90. The second kappa shape index (κ2) is 6.43. The lowest BCUT2D eigenvalue weighted by Gasteiger charge is -2.28. The molecule has 3 N–H and O–H groups in total. The molecule has 1 aliphatic rings. The van der Waals surface area contributed by atoms with Gasteiger partial charge >= 0.3 is 0 Å². The summed E-state index contributed by atoms with van der Waals surface area (Å²) in [6.45, 7) is 0.333. The van der Waals surface area contributed by atoms with Crippen LogP contribution in [0.2, 0.25) is 0 Å². The zero-order chi connectivity index (χ0) is 16.3. The van der Waals surface area contributed by atoms with Crippen molar-refractivity contribution in [2.75, 3.05) is 6.54 Å². The van der Waals surface area contributed by atoms with Gasteiger partial charge in [0.05, 0.1) is 4.90 Å². The van der Waals surface area contributed by atoms with Crippen LogP contribution in [-0.2, 0) is 10.0 Å². The molecule has 4 nitrogen and oxygen atoms in total. The smallest absolute Gasteiger partial charge is 0.241 e. The lowest BCUT2D eigenvalue weighted by atomic mass is 10.0. The number of nitrogens with two attached hydrogens (primary N) is 1. The lowest BCUT2D eigenvalue weighted by Crippen LogP contribution is -2.51. The molecule has 1 saturated carbocycles. The largest absolute Gasteiger partial charge is 0.329 e. The van der Waals surface area contributed by atoms with Crippen molar-refractivity contribution >= 4 is 10.0 Å². The van der Waals surface area contributed by atoms with Gasteiger partial charge < -0.3 is 5.73 Å². The first-order valence-electron chi connectivity index (χ1n) is 7.95. The first-order valence-corrected chi connectivity index (χ1v) is 9.43. The van der Waals surface area contributed by atoms with E-state index >= 15 is 0 Å². The van der Waals surface area contributed by atoms with Crippen LogP contribution in [0.5, 0.6) is 0 Å². The van der Waals surface area contributed by atoms with Crippen molar-refractivity contribution in [3.8, 4) is 11.1 Å². The third-order valence-electron chi connectivity index (χ3n) is 4.56. The SMILES string of the molecule is NCC1(NS(=O)(=O)c2ccccc2-c2ccccc2)CCCC1. The molecule has 0 spiro atoms. The van der Waals surface area contributed by atoms with Crippen molar-refractivity contribution < 1.29 is 8.42 Å². The summed E-state index contributed by atoms with van der Waals surface area (Å²) in [4.78, 5) is 0.311. The first-order chi connectivity index (χ1) is 11.1. The van der Waals surface area contributed by atoms with Crippen LogP contribution >= 0.6 is 0 Å². The van der Waals surface area contributed by atoms with Crippen LogP contribution in [0.1, 0.15) is 25.7 Å². The van der Waals surface area contributed by atoms with E-state index in [9.17, 15) is 8.42 Å². The fourth-order valence-electron chi connectivity index (χ4n) is 3.30. The van der Waals surface area contributed by atoms with Gasteiger partial charge in [-0.05, 0) is 24.5 Å². The predicted molar refractivity (Wildman–Crippen MR) is 92.5 cm³/mol. The van der Waals surface area contributed by atoms with Gasteiger partial charge in [0.2, 0.25) is 10.0 Å². The van der Waals surface area contributed by atoms with Gasteiger partial charge in [-0.1, -0.05) is 61.4 Å². The summed E-state index contributed by atoms with van der Waals surface area (Å²) >= 11 is 0. The fraction of sp³-hybridized carbons (Fsp3) is 0.333. The van der Waals surface area contributed by atoms with E-state index in [-0.39, 0.29) is 0 Å². The average molecular weight is 330 g/mol. The Kier molecular flexibility index (Phi) is 4.53. The van der Waals surface area contributed by atoms with E-state index < -0.39 is 15.6 Å². The average Bonchev–Trinajstić information content (AvgIpc) is 3.04. The molecule has 0 aliphatic heterocycles. The Labute approximate surface area is 137 Å². The van der Waals surface area contributed by atoms with E-state index in [2.05, 4.69) is 4.72 Å². The molecule has 0 atom stereocenters. The normalized spacial score (nSPS) is 17.3. The minimum Gasteiger partial charge on any atom is -0.329 e. The molecule has 1 fully saturated rings. The maximum atomic E-state index is 13.0. The van der Waals surface area contributed by atoms with Crippen molar-refractivity contribution in [1.82, 2.24) is 4.72 Å². The number of nitrogens with one attached hydrogen (secondary N) is 1. The summed E-state index contributed by atoms with van der Waals surface area (Å²) in [5, 5.41) is 0. The zero-order valence-corrected chi connectivity index (χ0v) is 13.9. The van der Waals surface area contributed by atoms with Gasteiger partial charge in [-0.25, -0.2) is 13.1 Å². The van der Waals surface area contributed by atoms with E-state index in [1.807, 2.05) is 42.5 Å². The minimum atomic E-state index is -3.62. The highest BCUT2D eigenvalue weighted by molar-refractivity contribution is 7.89. The summed E-state index contributed by atoms with van der Waals surface area (Å²) in [5.41, 5.74) is 6.98. The highest BCUT2D eigenvalue weighted by atomic mass is 32.2. The number of rotatable bonds is 5. The number of hydrogen-bond donors (Lipinski definition) is 2. The van der Waals surface area contributed by atoms with Gasteiger partial charge in [0.25, 0.3) is 0 Å². The summed E-state index contributed by atoms with van der Waals surface area (Å²) < 4.78 is 28.9. The van der Waals surface area contributed by atoms with Crippen LogP contribution in [0.4, 0.5) is 0 Å². The van der Waals surface area contributed by atoms with Gasteiger partial charge in [0, 0.05) is 17.6 Å². The Morgan fingerprint density at radius 3 is 2.22 bits per heavy atom. The minimum absolute atomic E-state index is 0.311. The summed E-state index contributed by atoms with van der Waals surface area (Å²) in [6.07, 6.45) is 3.63. The molecule has 2 aromatic rings. The Morgan fingerprint density at radius 2 is 1.57 bits per heavy atom. The summed E-state index contributed by atoms with van der Waals surface area (Å²) in [5.74, 6) is 0. The monoisotopic (exact) mass is 330 g/mol. The second-order valence-corrected chi connectivity index (χ2v) is 7.81. The molecule has 0 unspecified atom stereocenters. The Bertz CT molecular complexity index is 767. The van der Waals surface area contributed by atoms with Crippen LogP contribution < -0.4 is 10.5 Å². The van der Waals surface area contributed by atoms with Crippen molar-refractivity contribution in [2.24, 2.45) is 5.73 Å². The molecular weight excluding hydrogens is 308 g/mol. The molecule has 122 valence electrons. The van der Waals surface area contributed by atoms with Crippen LogP contribution in [-0.4, -0.2) is 20.5 Å². The van der Waals surface area contributed by atoms with Crippen LogP contribution in [0.3, 0.4) is 0 Å². The van der Waals surface area contributed by atoms with E-state index in [0.717, 1.165) is 31.2 Å². The van der Waals surface area contributed by atoms with E-state index in [0.29, 0.717) is 17.0 Å². The Morgan fingerprint density at radius 1 is 0.957 bits per heavy atom. The number of sulfonamides is 1. The lowest BCUT2D eigenvalue weighted by molar-refractivity contribution is 0.399. The molecular formula is C18H22N2O2S. The molecule has 2 aromatic carbocycles. The van der Waals surface area contributed by atoms with E-state index in [1.54, 1.807) is 12.1 Å². The van der Waals surface area contributed by atoms with Gasteiger partial charge in [0.15, 0.2) is 0 Å². The summed E-state index contributed by atoms with van der Waals surface area (Å²) in [7, 11) is -3.62. The van der Waals surface area contributed by atoms with E-state index in [1.165, 1.54) is 0 Å². The molecule has 0 saturated heterocycles. The third-order valence-corrected chi connectivity index (χ3v) is 6.20. The third kappa shape index (κ3) is 3.32. The van der Waals surface area contributed by atoms with Crippen molar-refractivity contribution in [3.63, 3.8) is 0 Å². The number of benzene rings is 2. The Hall–Kier alpha value is -1.69. The maximum absolute atomic E-state index is 13.0. The van der Waals surface area contributed by atoms with Crippen LogP contribution in [0.25, 0.3) is 11.1 Å². The molecule has 0 heterocycles. The fourth-order valence-corrected chi connectivity index (χ4v) is 5.00. The molecule has 0 amide bonds. The van der Waals surface area contributed by atoms with E-state index in [4.69, 9.17) is 5.73 Å². The highest BCUT2D eigenvalue weighted by Gasteiger charge is 2.37. The zero-order valence-electron chi connectivity index (χ0n) is 13.0. The van der Waals surface area contributed by atoms with Crippen molar-refractivity contribution in [3.05, 3.63) is 54.6 Å². The van der Waals surface area contributed by atoms with Crippen LogP contribution in [0, 0.1) is 0 Å². The summed E-state index contributed by atoms with van der Waals surface area (Å²) in [6, 6.07) is 16.7. The first kappa shape index (κ1) is 16.2. The molecule has 0 radical (unpaired) electrons. The Balaban J connectivity index is 2.01. The van der Waals surface area contributed by atoms with Gasteiger partial charge in [-0.3, -0.25) is 0 Å². The quantitative estimate of drug-likeness (QED) is 0.885. The van der Waals surface area contributed by atoms with Gasteiger partial charge in [0.1, 0.15) is 0 Å². The molecule has 3 rings (SSSR count). The molecule has 1 aliphatic carbocycles. The maximum Gasteiger partial charge on any atom is 0.241 e. The second-order valence-electron chi connectivity index (χ2n) is 6.16. The van der Waals surface area contributed by atoms with Crippen LogP contribution in [0.15, 0.2) is 59.5 Å². The van der Waals surface area contributed by atoms with Gasteiger partial charge in [-0.2, -0.15) is 0 Å². The number of hydrogen-bond acceptors (Lipinski definition) is 3. The van der Waals surface area contributed by atoms with Crippen molar-refractivity contribution in [1.29, 1.82) is 0 Å². The molecule has 0 aromatic heterocycles. The standard InChI is InChI=1S/C18H22N2O2S/c19-14-18(12-6-7-13-18)20-23(21,22)17-11-5-4-10-16(17)15-8-2-1-3-9-15/h1-5,8-11,20H,6-7,12-14,19H2. The molecule has 0 bridgehead atoms. The highest BCUT2D eigenvalue weighted by Crippen LogP contribution is 2.32. The van der Waals surface area contributed by atoms with Gasteiger partial charge in [-0.15, -0.1) is 0 Å².